The topological polar surface area (TPSA) is 53.4 Å². The molecule has 0 amide bonds. The molecule has 0 unspecified atom stereocenters. The lowest BCUT2D eigenvalue weighted by Gasteiger charge is -2.23. The Hall–Kier alpha value is -2.02. The second kappa shape index (κ2) is 5.76. The average Bonchev–Trinajstić information content (AvgIpc) is 2.30. The van der Waals surface area contributed by atoms with E-state index >= 15 is 0 Å². The smallest absolute Gasteiger partial charge is 0.339 e. The van der Waals surface area contributed by atoms with E-state index in [0.717, 1.165) is 0 Å². The standard InChI is InChI=1S/C12H14N2O2/c1-3-5-8-14(4-2)11-6-7-13-9-10(11)12(15)16/h1,6-7,9H,4-5,8H2,2H3,(H,15,16). The first kappa shape index (κ1) is 12.1. The molecular weight excluding hydrogens is 204 g/mol. The fraction of sp³-hybridized carbons (Fsp3) is 0.333. The van der Waals surface area contributed by atoms with Crippen LogP contribution in [0.4, 0.5) is 5.69 Å². The van der Waals surface area contributed by atoms with E-state index in [1.807, 2.05) is 11.8 Å². The monoisotopic (exact) mass is 218 g/mol. The van der Waals surface area contributed by atoms with E-state index in [0.29, 0.717) is 25.2 Å². The predicted molar refractivity (Wildman–Crippen MR) is 62.5 cm³/mol. The summed E-state index contributed by atoms with van der Waals surface area (Å²) in [5.74, 6) is 1.58. The van der Waals surface area contributed by atoms with Crippen molar-refractivity contribution in [3.63, 3.8) is 0 Å². The lowest BCUT2D eigenvalue weighted by Crippen LogP contribution is -2.25. The summed E-state index contributed by atoms with van der Waals surface area (Å²) >= 11 is 0. The SMILES string of the molecule is C#CCCN(CC)c1ccncc1C(=O)O. The van der Waals surface area contributed by atoms with Gasteiger partial charge in [-0.1, -0.05) is 0 Å². The molecule has 1 aromatic rings. The molecular formula is C12H14N2O2. The zero-order valence-corrected chi connectivity index (χ0v) is 9.18. The van der Waals surface area contributed by atoms with E-state index in [-0.39, 0.29) is 5.56 Å². The zero-order chi connectivity index (χ0) is 12.0. The van der Waals surface area contributed by atoms with Gasteiger partial charge in [-0.15, -0.1) is 12.3 Å². The number of hydrogen-bond donors (Lipinski definition) is 1. The van der Waals surface area contributed by atoms with Gasteiger partial charge in [0.2, 0.25) is 0 Å². The van der Waals surface area contributed by atoms with Crippen LogP contribution in [0, 0.1) is 12.3 Å². The molecule has 84 valence electrons. The van der Waals surface area contributed by atoms with Crippen molar-refractivity contribution in [2.45, 2.75) is 13.3 Å². The summed E-state index contributed by atoms with van der Waals surface area (Å²) in [5, 5.41) is 9.03. The number of nitrogens with zero attached hydrogens (tertiary/aromatic N) is 2. The van der Waals surface area contributed by atoms with Gasteiger partial charge in [0.25, 0.3) is 0 Å². The zero-order valence-electron chi connectivity index (χ0n) is 9.18. The van der Waals surface area contributed by atoms with Gasteiger partial charge in [-0.05, 0) is 13.0 Å². The number of aromatic carboxylic acids is 1. The van der Waals surface area contributed by atoms with Gasteiger partial charge in [-0.25, -0.2) is 4.79 Å². The molecule has 1 heterocycles. The number of terminal acetylenes is 1. The normalized spacial score (nSPS) is 9.50. The summed E-state index contributed by atoms with van der Waals surface area (Å²) in [6, 6.07) is 1.70. The molecule has 0 fully saturated rings. The van der Waals surface area contributed by atoms with Crippen molar-refractivity contribution in [1.82, 2.24) is 4.98 Å². The number of rotatable bonds is 5. The van der Waals surface area contributed by atoms with Crippen molar-refractivity contribution < 1.29 is 9.90 Å². The van der Waals surface area contributed by atoms with Gasteiger partial charge in [0.1, 0.15) is 5.56 Å². The van der Waals surface area contributed by atoms with Gasteiger partial charge in [0.05, 0.1) is 5.69 Å². The third-order valence-corrected chi connectivity index (χ3v) is 2.28. The van der Waals surface area contributed by atoms with Crippen LogP contribution in [-0.2, 0) is 0 Å². The van der Waals surface area contributed by atoms with Crippen LogP contribution in [0.15, 0.2) is 18.5 Å². The first-order chi connectivity index (χ1) is 7.70. The largest absolute Gasteiger partial charge is 0.478 e. The van der Waals surface area contributed by atoms with Crippen molar-refractivity contribution in [2.24, 2.45) is 0 Å². The minimum absolute atomic E-state index is 0.210. The Bertz CT molecular complexity index is 410. The van der Waals surface area contributed by atoms with Gasteiger partial charge in [-0.3, -0.25) is 4.98 Å². The minimum Gasteiger partial charge on any atom is -0.478 e. The van der Waals surface area contributed by atoms with Gasteiger partial charge in [-0.2, -0.15) is 0 Å². The van der Waals surface area contributed by atoms with Crippen molar-refractivity contribution in [2.75, 3.05) is 18.0 Å². The summed E-state index contributed by atoms with van der Waals surface area (Å²) in [7, 11) is 0. The Morgan fingerprint density at radius 1 is 1.69 bits per heavy atom. The van der Waals surface area contributed by atoms with E-state index in [9.17, 15) is 4.79 Å². The number of hydrogen-bond acceptors (Lipinski definition) is 3. The van der Waals surface area contributed by atoms with Crippen LogP contribution in [0.1, 0.15) is 23.7 Å². The van der Waals surface area contributed by atoms with E-state index in [4.69, 9.17) is 11.5 Å². The third kappa shape index (κ3) is 2.74. The van der Waals surface area contributed by atoms with Crippen molar-refractivity contribution in [1.29, 1.82) is 0 Å². The van der Waals surface area contributed by atoms with Gasteiger partial charge in [0, 0.05) is 31.9 Å². The molecule has 4 heteroatoms. The van der Waals surface area contributed by atoms with Gasteiger partial charge < -0.3 is 10.0 Å². The highest BCUT2D eigenvalue weighted by atomic mass is 16.4. The minimum atomic E-state index is -0.970. The first-order valence-electron chi connectivity index (χ1n) is 5.06. The Balaban J connectivity index is 3.00. The molecule has 0 aliphatic rings. The molecule has 4 nitrogen and oxygen atoms in total. The number of pyridine rings is 1. The van der Waals surface area contributed by atoms with Crippen molar-refractivity contribution in [3.8, 4) is 12.3 Å². The number of aromatic nitrogens is 1. The number of carboxylic acid groups (broad SMARTS) is 1. The van der Waals surface area contributed by atoms with Crippen LogP contribution in [0.25, 0.3) is 0 Å². The molecule has 0 bridgehead atoms. The van der Waals surface area contributed by atoms with Crippen LogP contribution in [-0.4, -0.2) is 29.1 Å². The fourth-order valence-corrected chi connectivity index (χ4v) is 1.48. The summed E-state index contributed by atoms with van der Waals surface area (Å²) < 4.78 is 0. The van der Waals surface area contributed by atoms with Gasteiger partial charge >= 0.3 is 5.97 Å². The van der Waals surface area contributed by atoms with Crippen molar-refractivity contribution in [3.05, 3.63) is 24.0 Å². The molecule has 0 aromatic carbocycles. The lowest BCUT2D eigenvalue weighted by atomic mass is 10.2. The van der Waals surface area contributed by atoms with E-state index in [2.05, 4.69) is 10.9 Å². The second-order valence-electron chi connectivity index (χ2n) is 3.23. The van der Waals surface area contributed by atoms with E-state index in [1.165, 1.54) is 6.20 Å². The Morgan fingerprint density at radius 3 is 3.00 bits per heavy atom. The fourth-order valence-electron chi connectivity index (χ4n) is 1.48. The molecule has 1 aromatic heterocycles. The van der Waals surface area contributed by atoms with Crippen LogP contribution < -0.4 is 4.90 Å². The number of anilines is 1. The highest BCUT2D eigenvalue weighted by Gasteiger charge is 2.14. The summed E-state index contributed by atoms with van der Waals surface area (Å²) in [6.45, 7) is 3.33. The molecule has 0 aliphatic carbocycles. The lowest BCUT2D eigenvalue weighted by molar-refractivity contribution is 0.0697. The van der Waals surface area contributed by atoms with Crippen LogP contribution in [0.3, 0.4) is 0 Å². The van der Waals surface area contributed by atoms with Crippen LogP contribution in [0.2, 0.25) is 0 Å². The van der Waals surface area contributed by atoms with Gasteiger partial charge in [0.15, 0.2) is 0 Å². The van der Waals surface area contributed by atoms with Crippen LogP contribution in [0.5, 0.6) is 0 Å². The molecule has 0 spiro atoms. The van der Waals surface area contributed by atoms with Crippen LogP contribution >= 0.6 is 0 Å². The number of carbonyl (C=O) groups is 1. The molecule has 0 saturated heterocycles. The highest BCUT2D eigenvalue weighted by Crippen LogP contribution is 2.19. The quantitative estimate of drug-likeness (QED) is 0.763. The predicted octanol–water partition coefficient (Wildman–Crippen LogP) is 1.63. The first-order valence-corrected chi connectivity index (χ1v) is 5.06. The number of carboxylic acids is 1. The Labute approximate surface area is 94.9 Å². The Morgan fingerprint density at radius 2 is 2.44 bits per heavy atom. The highest BCUT2D eigenvalue weighted by molar-refractivity contribution is 5.94. The molecule has 0 saturated carbocycles. The molecule has 0 aliphatic heterocycles. The average molecular weight is 218 g/mol. The molecule has 0 radical (unpaired) electrons. The summed E-state index contributed by atoms with van der Waals surface area (Å²) in [4.78, 5) is 16.8. The molecule has 1 rings (SSSR count). The second-order valence-corrected chi connectivity index (χ2v) is 3.23. The Kier molecular flexibility index (Phi) is 4.34. The summed E-state index contributed by atoms with van der Waals surface area (Å²) in [6.07, 6.45) is 8.74. The maximum Gasteiger partial charge on any atom is 0.339 e. The van der Waals surface area contributed by atoms with Crippen molar-refractivity contribution >= 4 is 11.7 Å². The molecule has 16 heavy (non-hydrogen) atoms. The maximum absolute atomic E-state index is 11.0. The summed E-state index contributed by atoms with van der Waals surface area (Å²) in [5.41, 5.74) is 0.877. The van der Waals surface area contributed by atoms with E-state index in [1.54, 1.807) is 12.3 Å². The van der Waals surface area contributed by atoms with E-state index < -0.39 is 5.97 Å². The third-order valence-electron chi connectivity index (χ3n) is 2.28. The molecule has 0 atom stereocenters. The molecule has 1 N–H and O–H groups in total. The maximum atomic E-state index is 11.0.